The number of benzene rings is 2. The molecule has 0 amide bonds. The normalized spacial score (nSPS) is 12.1. The molecule has 3 aromatic heterocycles. The Hall–Kier alpha value is -4.67. The molecule has 2 N–H and O–H groups in total. The van der Waals surface area contributed by atoms with Crippen LogP contribution in [0.2, 0.25) is 0 Å². The van der Waals surface area contributed by atoms with Crippen molar-refractivity contribution in [2.75, 3.05) is 5.32 Å². The van der Waals surface area contributed by atoms with Crippen molar-refractivity contribution < 1.29 is 17.7 Å². The molecule has 0 saturated carbocycles. The number of hydrogen-bond donors (Lipinski definition) is 2. The van der Waals surface area contributed by atoms with E-state index in [1.807, 2.05) is 13.0 Å². The van der Waals surface area contributed by atoms with Gasteiger partial charge >= 0.3 is 5.76 Å². The van der Waals surface area contributed by atoms with Crippen molar-refractivity contribution in [3.63, 3.8) is 0 Å². The second-order valence-electron chi connectivity index (χ2n) is 8.34. The van der Waals surface area contributed by atoms with E-state index in [0.29, 0.717) is 33.4 Å². The predicted molar refractivity (Wildman–Crippen MR) is 127 cm³/mol. The highest BCUT2D eigenvalue weighted by molar-refractivity contribution is 5.85. The fourth-order valence-corrected chi connectivity index (χ4v) is 4.13. The minimum Gasteiger partial charge on any atom is -0.455 e. The van der Waals surface area contributed by atoms with Gasteiger partial charge in [0.05, 0.1) is 22.6 Å². The Morgan fingerprint density at radius 1 is 1.08 bits per heavy atom. The molecule has 0 radical (unpaired) electrons. The van der Waals surface area contributed by atoms with E-state index in [1.165, 1.54) is 12.4 Å². The molecule has 0 saturated heterocycles. The summed E-state index contributed by atoms with van der Waals surface area (Å²) in [6, 6.07) is 5.29. The van der Waals surface area contributed by atoms with E-state index in [9.17, 15) is 18.4 Å². The molecule has 0 aliphatic heterocycles. The molecule has 1 unspecified atom stereocenters. The Morgan fingerprint density at radius 3 is 2.53 bits per heavy atom. The number of halogens is 2. The molecular formula is C25H19F2N5O4. The van der Waals surface area contributed by atoms with Gasteiger partial charge in [0.1, 0.15) is 17.7 Å². The van der Waals surface area contributed by atoms with Gasteiger partial charge in [-0.15, -0.1) is 0 Å². The molecule has 2 aromatic carbocycles. The van der Waals surface area contributed by atoms with Crippen LogP contribution in [-0.2, 0) is 0 Å². The molecule has 3 heterocycles. The van der Waals surface area contributed by atoms with Gasteiger partial charge in [0.25, 0.3) is 0 Å². The van der Waals surface area contributed by atoms with Crippen molar-refractivity contribution in [2.45, 2.75) is 26.8 Å². The van der Waals surface area contributed by atoms with Crippen molar-refractivity contribution in [3.05, 3.63) is 92.1 Å². The van der Waals surface area contributed by atoms with Gasteiger partial charge in [0, 0.05) is 29.2 Å². The smallest absolute Gasteiger partial charge is 0.439 e. The lowest BCUT2D eigenvalue weighted by Crippen LogP contribution is -2.13. The highest BCUT2D eigenvalue weighted by atomic mass is 19.2. The summed E-state index contributed by atoms with van der Waals surface area (Å²) in [6.07, 6.45) is 4.47. The zero-order chi connectivity index (χ0) is 25.6. The van der Waals surface area contributed by atoms with Crippen LogP contribution >= 0.6 is 0 Å². The maximum Gasteiger partial charge on any atom is 0.439 e. The Kier molecular flexibility index (Phi) is 5.67. The van der Waals surface area contributed by atoms with Gasteiger partial charge in [0.15, 0.2) is 22.9 Å². The molecule has 9 nitrogen and oxygen atoms in total. The van der Waals surface area contributed by atoms with E-state index in [2.05, 4.69) is 29.9 Å². The summed E-state index contributed by atoms with van der Waals surface area (Å²) in [5.41, 5.74) is 2.32. The van der Waals surface area contributed by atoms with Crippen LogP contribution in [0.25, 0.3) is 33.7 Å². The van der Waals surface area contributed by atoms with Gasteiger partial charge in [-0.3, -0.25) is 14.3 Å². The Bertz CT molecular complexity index is 1730. The molecule has 5 aromatic rings. The highest BCUT2D eigenvalue weighted by Crippen LogP contribution is 2.35. The van der Waals surface area contributed by atoms with E-state index in [-0.39, 0.29) is 22.5 Å². The second-order valence-corrected chi connectivity index (χ2v) is 8.34. The lowest BCUT2D eigenvalue weighted by Gasteiger charge is -2.20. The lowest BCUT2D eigenvalue weighted by molar-refractivity contribution is 0.387. The molecule has 1 atom stereocenters. The zero-order valence-electron chi connectivity index (χ0n) is 19.3. The fraction of sp³-hybridized carbons (Fsp3) is 0.160. The third kappa shape index (κ3) is 3.94. The molecule has 0 spiro atoms. The van der Waals surface area contributed by atoms with Crippen molar-refractivity contribution in [1.82, 2.24) is 20.1 Å². The Labute approximate surface area is 201 Å². The van der Waals surface area contributed by atoms with Gasteiger partial charge in [0.2, 0.25) is 0 Å². The number of H-pyrrole nitrogens is 1. The van der Waals surface area contributed by atoms with Crippen LogP contribution in [0.3, 0.4) is 0 Å². The van der Waals surface area contributed by atoms with Crippen LogP contribution in [0, 0.1) is 25.5 Å². The van der Waals surface area contributed by atoms with Crippen LogP contribution in [0.4, 0.5) is 14.5 Å². The summed E-state index contributed by atoms with van der Waals surface area (Å²) in [4.78, 5) is 35.0. The van der Waals surface area contributed by atoms with Crippen LogP contribution < -0.4 is 16.5 Å². The molecule has 0 bridgehead atoms. The highest BCUT2D eigenvalue weighted by Gasteiger charge is 2.23. The molecule has 0 fully saturated rings. The van der Waals surface area contributed by atoms with Gasteiger partial charge < -0.3 is 9.73 Å². The first kappa shape index (κ1) is 23.1. The molecule has 0 aliphatic rings. The number of nitrogens with zero attached hydrogens (tertiary/aromatic N) is 3. The zero-order valence-corrected chi connectivity index (χ0v) is 19.3. The predicted octanol–water partition coefficient (Wildman–Crippen LogP) is 4.66. The minimum atomic E-state index is -1.21. The maximum atomic E-state index is 14.8. The molecular weight excluding hydrogens is 472 g/mol. The fourth-order valence-electron chi connectivity index (χ4n) is 4.13. The van der Waals surface area contributed by atoms with Crippen LogP contribution in [0.1, 0.15) is 29.7 Å². The molecule has 36 heavy (non-hydrogen) atoms. The monoisotopic (exact) mass is 491 g/mol. The average molecular weight is 491 g/mol. The SMILES string of the molecule is Cc1cc(C(C)Nc2ccc(F)c(F)c2-c2noc(=O)[nH]2)c2oc(-c3cncnc3)c(C)c(=O)c2c1. The third-order valence-corrected chi connectivity index (χ3v) is 5.83. The van der Waals surface area contributed by atoms with Crippen molar-refractivity contribution in [2.24, 2.45) is 0 Å². The summed E-state index contributed by atoms with van der Waals surface area (Å²) in [5, 5.41) is 6.99. The minimum absolute atomic E-state index is 0.145. The van der Waals surface area contributed by atoms with Gasteiger partial charge in [-0.25, -0.2) is 23.5 Å². The standard InChI is InChI=1S/C25H19F2N5O4/c1-11-6-15(23-16(7-11)21(33)12(2)22(35-23)14-8-28-10-29-9-14)13(3)30-18-5-4-17(26)20(27)19(18)24-31-25(34)36-32-24/h4-10,13,30H,1-3H3,(H,31,32,34). The number of nitrogens with one attached hydrogen (secondary N) is 2. The quantitative estimate of drug-likeness (QED) is 0.363. The number of rotatable bonds is 5. The number of aromatic nitrogens is 4. The van der Waals surface area contributed by atoms with Crippen molar-refractivity contribution in [1.29, 1.82) is 0 Å². The first-order valence-electron chi connectivity index (χ1n) is 10.9. The first-order valence-corrected chi connectivity index (χ1v) is 10.9. The number of anilines is 1. The molecule has 182 valence electrons. The second kappa shape index (κ2) is 8.84. The largest absolute Gasteiger partial charge is 0.455 e. The summed E-state index contributed by atoms with van der Waals surface area (Å²) in [7, 11) is 0. The van der Waals surface area contributed by atoms with Crippen LogP contribution in [-0.4, -0.2) is 20.1 Å². The number of aromatic amines is 1. The lowest BCUT2D eigenvalue weighted by atomic mass is 9.99. The topological polar surface area (TPSA) is 127 Å². The van der Waals surface area contributed by atoms with E-state index in [4.69, 9.17) is 4.42 Å². The van der Waals surface area contributed by atoms with Crippen LogP contribution in [0.5, 0.6) is 0 Å². The third-order valence-electron chi connectivity index (χ3n) is 5.83. The summed E-state index contributed by atoms with van der Waals surface area (Å²) in [5.74, 6) is -3.18. The van der Waals surface area contributed by atoms with Gasteiger partial charge in [-0.05, 0) is 44.5 Å². The first-order chi connectivity index (χ1) is 17.2. The van der Waals surface area contributed by atoms with Gasteiger partial charge in [-0.2, -0.15) is 0 Å². The van der Waals surface area contributed by atoms with E-state index in [0.717, 1.165) is 11.6 Å². The summed E-state index contributed by atoms with van der Waals surface area (Å²) in [6.45, 7) is 5.28. The number of hydrogen-bond acceptors (Lipinski definition) is 8. The van der Waals surface area contributed by atoms with E-state index >= 15 is 0 Å². The number of fused-ring (bicyclic) bond motifs is 1. The molecule has 5 rings (SSSR count). The van der Waals surface area contributed by atoms with Crippen LogP contribution in [0.15, 0.2) is 61.5 Å². The van der Waals surface area contributed by atoms with E-state index in [1.54, 1.807) is 32.3 Å². The average Bonchev–Trinajstić information content (AvgIpc) is 3.29. The van der Waals surface area contributed by atoms with Crippen molar-refractivity contribution >= 4 is 16.7 Å². The van der Waals surface area contributed by atoms with Crippen molar-refractivity contribution in [3.8, 4) is 22.7 Å². The number of aryl methyl sites for hydroxylation is 1. The van der Waals surface area contributed by atoms with Gasteiger partial charge in [-0.1, -0.05) is 11.2 Å². The Balaban J connectivity index is 1.67. The summed E-state index contributed by atoms with van der Waals surface area (Å²) < 4.78 is 39.5. The maximum absolute atomic E-state index is 14.8. The molecule has 0 aliphatic carbocycles. The van der Waals surface area contributed by atoms with E-state index < -0.39 is 23.4 Å². The molecule has 11 heteroatoms. The summed E-state index contributed by atoms with van der Waals surface area (Å²) >= 11 is 0. The Morgan fingerprint density at radius 2 is 1.83 bits per heavy atom.